The summed E-state index contributed by atoms with van der Waals surface area (Å²) in [7, 11) is 0. The van der Waals surface area contributed by atoms with Crippen molar-refractivity contribution in [3.05, 3.63) is 64.5 Å². The largest absolute Gasteiger partial charge is 0.416 e. The number of aromatic nitrogens is 1. The van der Waals surface area contributed by atoms with Crippen molar-refractivity contribution in [1.82, 2.24) is 4.98 Å². The van der Waals surface area contributed by atoms with Gasteiger partial charge in [-0.15, -0.1) is 0 Å². The van der Waals surface area contributed by atoms with Crippen molar-refractivity contribution in [3.63, 3.8) is 0 Å². The predicted octanol–water partition coefficient (Wildman–Crippen LogP) is 3.99. The summed E-state index contributed by atoms with van der Waals surface area (Å²) in [5.74, 6) is 0. The van der Waals surface area contributed by atoms with Gasteiger partial charge in [-0.1, -0.05) is 12.1 Å². The van der Waals surface area contributed by atoms with E-state index >= 15 is 0 Å². The summed E-state index contributed by atoms with van der Waals surface area (Å²) in [6.45, 7) is 3.67. The third-order valence-corrected chi connectivity index (χ3v) is 3.20. The fraction of sp³-hybridized carbons (Fsp3) is 0.312. The molecule has 2 aromatic rings. The van der Waals surface area contributed by atoms with E-state index < -0.39 is 17.8 Å². The number of aliphatic hydroxyl groups is 1. The highest BCUT2D eigenvalue weighted by atomic mass is 19.4. The molecule has 2 nitrogen and oxygen atoms in total. The van der Waals surface area contributed by atoms with Crippen LogP contribution in [0, 0.1) is 13.8 Å². The molecule has 0 amide bonds. The van der Waals surface area contributed by atoms with Crippen molar-refractivity contribution in [2.24, 2.45) is 0 Å². The quantitative estimate of drug-likeness (QED) is 0.928. The second-order valence-corrected chi connectivity index (χ2v) is 5.10. The molecule has 0 bridgehead atoms. The monoisotopic (exact) mass is 295 g/mol. The lowest BCUT2D eigenvalue weighted by atomic mass is 10.00. The molecule has 1 atom stereocenters. The van der Waals surface area contributed by atoms with E-state index in [0.717, 1.165) is 29.1 Å². The Bertz CT molecular complexity index is 600. The van der Waals surface area contributed by atoms with Crippen LogP contribution in [0.25, 0.3) is 0 Å². The number of hydrogen-bond donors (Lipinski definition) is 1. The lowest BCUT2D eigenvalue weighted by molar-refractivity contribution is -0.137. The van der Waals surface area contributed by atoms with E-state index in [-0.39, 0.29) is 6.42 Å². The van der Waals surface area contributed by atoms with E-state index in [4.69, 9.17) is 0 Å². The molecule has 0 radical (unpaired) electrons. The maximum atomic E-state index is 12.5. The Morgan fingerprint density at radius 2 is 1.57 bits per heavy atom. The molecule has 0 saturated carbocycles. The molecule has 1 heterocycles. The zero-order valence-electron chi connectivity index (χ0n) is 11.8. The minimum atomic E-state index is -4.34. The van der Waals surface area contributed by atoms with Gasteiger partial charge in [0.25, 0.3) is 0 Å². The molecular formula is C16H16F3NO. The first kappa shape index (κ1) is 15.5. The van der Waals surface area contributed by atoms with Gasteiger partial charge in [0.2, 0.25) is 0 Å². The van der Waals surface area contributed by atoms with Crippen LogP contribution in [0.4, 0.5) is 13.2 Å². The lowest BCUT2D eigenvalue weighted by Crippen LogP contribution is -2.06. The molecular weight excluding hydrogens is 279 g/mol. The molecule has 1 N–H and O–H groups in total. The Hall–Kier alpha value is -1.88. The van der Waals surface area contributed by atoms with Crippen LogP contribution in [-0.2, 0) is 12.6 Å². The fourth-order valence-electron chi connectivity index (χ4n) is 2.23. The maximum Gasteiger partial charge on any atom is 0.416 e. The van der Waals surface area contributed by atoms with E-state index in [1.165, 1.54) is 12.1 Å². The highest BCUT2D eigenvalue weighted by molar-refractivity contribution is 5.28. The van der Waals surface area contributed by atoms with Gasteiger partial charge in [-0.2, -0.15) is 13.2 Å². The van der Waals surface area contributed by atoms with E-state index in [9.17, 15) is 18.3 Å². The van der Waals surface area contributed by atoms with Crippen LogP contribution in [0.3, 0.4) is 0 Å². The highest BCUT2D eigenvalue weighted by Crippen LogP contribution is 2.29. The van der Waals surface area contributed by atoms with Crippen LogP contribution in [0.15, 0.2) is 36.4 Å². The summed E-state index contributed by atoms with van der Waals surface area (Å²) < 4.78 is 37.4. The van der Waals surface area contributed by atoms with E-state index in [0.29, 0.717) is 5.56 Å². The summed E-state index contributed by atoms with van der Waals surface area (Å²) in [4.78, 5) is 4.23. The van der Waals surface area contributed by atoms with Gasteiger partial charge in [0.1, 0.15) is 0 Å². The summed E-state index contributed by atoms with van der Waals surface area (Å²) in [5, 5.41) is 10.2. The summed E-state index contributed by atoms with van der Waals surface area (Å²) >= 11 is 0. The second-order valence-electron chi connectivity index (χ2n) is 5.10. The Kier molecular flexibility index (Phi) is 4.32. The van der Waals surface area contributed by atoms with Gasteiger partial charge in [-0.3, -0.25) is 4.98 Å². The Balaban J connectivity index is 2.14. The van der Waals surface area contributed by atoms with Crippen molar-refractivity contribution in [2.75, 3.05) is 0 Å². The summed E-state index contributed by atoms with van der Waals surface area (Å²) in [6, 6.07) is 8.42. The smallest absolute Gasteiger partial charge is 0.388 e. The van der Waals surface area contributed by atoms with Crippen molar-refractivity contribution >= 4 is 0 Å². The third-order valence-electron chi connectivity index (χ3n) is 3.20. The van der Waals surface area contributed by atoms with Gasteiger partial charge in [0.15, 0.2) is 0 Å². The predicted molar refractivity (Wildman–Crippen MR) is 73.8 cm³/mol. The number of aryl methyl sites for hydroxylation is 2. The number of benzene rings is 1. The zero-order chi connectivity index (χ0) is 15.6. The first-order valence-electron chi connectivity index (χ1n) is 6.55. The van der Waals surface area contributed by atoms with Crippen molar-refractivity contribution in [3.8, 4) is 0 Å². The SMILES string of the molecule is Cc1cc(C(O)Cc2ccc(C(F)(F)F)cc2)cc(C)n1. The number of halogens is 3. The number of aliphatic hydroxyl groups excluding tert-OH is 1. The van der Waals surface area contributed by atoms with Crippen LogP contribution < -0.4 is 0 Å². The Morgan fingerprint density at radius 1 is 1.05 bits per heavy atom. The van der Waals surface area contributed by atoms with E-state index in [2.05, 4.69) is 4.98 Å². The first-order chi connectivity index (χ1) is 9.75. The van der Waals surface area contributed by atoms with Crippen LogP contribution in [-0.4, -0.2) is 10.1 Å². The molecule has 2 rings (SSSR count). The Labute approximate surface area is 121 Å². The number of hydrogen-bond acceptors (Lipinski definition) is 2. The minimum absolute atomic E-state index is 0.265. The average molecular weight is 295 g/mol. The second kappa shape index (κ2) is 5.85. The molecule has 1 aromatic carbocycles. The van der Waals surface area contributed by atoms with Gasteiger partial charge in [0.05, 0.1) is 11.7 Å². The molecule has 21 heavy (non-hydrogen) atoms. The molecule has 1 aromatic heterocycles. The van der Waals surface area contributed by atoms with E-state index in [1.54, 1.807) is 12.1 Å². The standard InChI is InChI=1S/C16H16F3NO/c1-10-7-13(8-11(2)20-10)15(21)9-12-3-5-14(6-4-12)16(17,18)19/h3-8,15,21H,9H2,1-2H3. The fourth-order valence-corrected chi connectivity index (χ4v) is 2.23. The molecule has 0 saturated heterocycles. The lowest BCUT2D eigenvalue weighted by Gasteiger charge is -2.13. The molecule has 0 fully saturated rings. The average Bonchev–Trinajstić information content (AvgIpc) is 2.37. The van der Waals surface area contributed by atoms with Crippen LogP contribution in [0.5, 0.6) is 0 Å². The number of rotatable bonds is 3. The first-order valence-corrected chi connectivity index (χ1v) is 6.55. The Morgan fingerprint density at radius 3 is 2.05 bits per heavy atom. The summed E-state index contributed by atoms with van der Waals surface area (Å²) in [6.07, 6.45) is -4.83. The molecule has 0 aliphatic heterocycles. The van der Waals surface area contributed by atoms with Crippen LogP contribution in [0.2, 0.25) is 0 Å². The third kappa shape index (κ3) is 4.04. The number of pyridine rings is 1. The highest BCUT2D eigenvalue weighted by Gasteiger charge is 2.29. The zero-order valence-corrected chi connectivity index (χ0v) is 11.8. The minimum Gasteiger partial charge on any atom is -0.388 e. The van der Waals surface area contributed by atoms with Gasteiger partial charge in [-0.25, -0.2) is 0 Å². The number of nitrogens with zero attached hydrogens (tertiary/aromatic N) is 1. The van der Waals surface area contributed by atoms with Crippen LogP contribution >= 0.6 is 0 Å². The van der Waals surface area contributed by atoms with Gasteiger partial charge < -0.3 is 5.11 Å². The van der Waals surface area contributed by atoms with E-state index in [1.807, 2.05) is 13.8 Å². The molecule has 0 aliphatic rings. The molecule has 0 spiro atoms. The molecule has 1 unspecified atom stereocenters. The topological polar surface area (TPSA) is 33.1 Å². The molecule has 112 valence electrons. The van der Waals surface area contributed by atoms with Crippen molar-refractivity contribution in [1.29, 1.82) is 0 Å². The normalized spacial score (nSPS) is 13.2. The summed E-state index contributed by atoms with van der Waals surface area (Å²) in [5.41, 5.74) is 2.30. The van der Waals surface area contributed by atoms with Crippen molar-refractivity contribution < 1.29 is 18.3 Å². The molecule has 0 aliphatic carbocycles. The molecule has 5 heteroatoms. The maximum absolute atomic E-state index is 12.5. The van der Waals surface area contributed by atoms with Gasteiger partial charge >= 0.3 is 6.18 Å². The number of alkyl halides is 3. The van der Waals surface area contributed by atoms with Crippen LogP contribution in [0.1, 0.15) is 34.2 Å². The van der Waals surface area contributed by atoms with Gasteiger partial charge in [-0.05, 0) is 49.2 Å². The van der Waals surface area contributed by atoms with Crippen molar-refractivity contribution in [2.45, 2.75) is 32.5 Å². The van der Waals surface area contributed by atoms with Gasteiger partial charge in [0, 0.05) is 17.8 Å².